The van der Waals surface area contributed by atoms with Crippen molar-refractivity contribution in [2.24, 2.45) is 5.41 Å². The van der Waals surface area contributed by atoms with Crippen LogP contribution >= 0.6 is 11.9 Å². The number of ether oxygens (including phenoxy) is 1. The van der Waals surface area contributed by atoms with Crippen LogP contribution in [-0.2, 0) is 9.53 Å². The number of halogens is 2. The lowest BCUT2D eigenvalue weighted by Gasteiger charge is -2.35. The number of methoxy groups -OCH3 is 1. The monoisotopic (exact) mass is 585 g/mol. The van der Waals surface area contributed by atoms with Gasteiger partial charge in [0.1, 0.15) is 16.4 Å². The maximum absolute atomic E-state index is 13.7. The number of rotatable bonds is 8. The van der Waals surface area contributed by atoms with Crippen LogP contribution < -0.4 is 19.8 Å². The van der Waals surface area contributed by atoms with Gasteiger partial charge < -0.3 is 24.6 Å². The number of alkyl halides is 2. The smallest absolute Gasteiger partial charge is 0.323 e. The van der Waals surface area contributed by atoms with E-state index in [-0.39, 0.29) is 37.8 Å². The Bertz CT molecular complexity index is 1330. The molecule has 2 saturated carbocycles. The Kier molecular flexibility index (Phi) is 7.28. The zero-order valence-electron chi connectivity index (χ0n) is 23.6. The molecule has 4 aliphatic rings. The third kappa shape index (κ3) is 6.10. The fraction of sp³-hybridized carbons (Fsp3) is 0.567. The number of nitrogens with zero attached hydrogens (tertiary/aromatic N) is 3. The summed E-state index contributed by atoms with van der Waals surface area (Å²) in [5.41, 5.74) is 3.59. The third-order valence-electron chi connectivity index (χ3n) is 9.01. The molecule has 0 radical (unpaired) electrons. The van der Waals surface area contributed by atoms with Crippen LogP contribution in [0.3, 0.4) is 0 Å². The predicted molar refractivity (Wildman–Crippen MR) is 158 cm³/mol. The molecule has 1 aromatic heterocycles. The van der Waals surface area contributed by atoms with Gasteiger partial charge in [-0.25, -0.2) is 13.8 Å². The second-order valence-electron chi connectivity index (χ2n) is 12.1. The highest BCUT2D eigenvalue weighted by molar-refractivity contribution is 8.02. The van der Waals surface area contributed by atoms with Crippen LogP contribution in [0.25, 0.3) is 0 Å². The maximum atomic E-state index is 13.7. The molecule has 8 nitrogen and oxygen atoms in total. The molecule has 2 aliphatic heterocycles. The molecule has 11 heteroatoms. The van der Waals surface area contributed by atoms with Crippen molar-refractivity contribution in [3.05, 3.63) is 41.5 Å². The summed E-state index contributed by atoms with van der Waals surface area (Å²) in [6.07, 6.45) is 5.94. The topological polar surface area (TPSA) is 86.8 Å². The van der Waals surface area contributed by atoms with E-state index in [1.807, 2.05) is 36.1 Å². The highest BCUT2D eigenvalue weighted by Gasteiger charge is 2.52. The first-order chi connectivity index (χ1) is 19.6. The molecule has 2 N–H and O–H groups in total. The number of benzene rings is 1. The Hall–Kier alpha value is -3.08. The average Bonchev–Trinajstić information content (AvgIpc) is 3.89. The van der Waals surface area contributed by atoms with Crippen LogP contribution in [0.1, 0.15) is 67.3 Å². The number of aromatic nitrogens is 1. The van der Waals surface area contributed by atoms with Gasteiger partial charge in [-0.05, 0) is 98.7 Å². The van der Waals surface area contributed by atoms with Gasteiger partial charge in [0.2, 0.25) is 0 Å². The summed E-state index contributed by atoms with van der Waals surface area (Å²) in [5, 5.41) is 2.97. The zero-order chi connectivity index (χ0) is 28.8. The molecule has 1 amide bonds. The molecule has 41 heavy (non-hydrogen) atoms. The van der Waals surface area contributed by atoms with Crippen molar-refractivity contribution >= 4 is 46.8 Å². The van der Waals surface area contributed by atoms with E-state index in [9.17, 15) is 18.4 Å². The van der Waals surface area contributed by atoms with Gasteiger partial charge in [0.25, 0.3) is 11.8 Å². The van der Waals surface area contributed by atoms with E-state index >= 15 is 0 Å². The first kappa shape index (κ1) is 28.1. The quantitative estimate of drug-likeness (QED) is 0.287. The molecule has 220 valence electrons. The van der Waals surface area contributed by atoms with Crippen molar-refractivity contribution in [3.63, 3.8) is 0 Å². The van der Waals surface area contributed by atoms with Gasteiger partial charge in [-0.1, -0.05) is 0 Å². The number of anilines is 4. The molecule has 1 spiro atoms. The number of nitrogens with one attached hydrogen (secondary N) is 2. The van der Waals surface area contributed by atoms with Gasteiger partial charge in [0, 0.05) is 44.7 Å². The fourth-order valence-electron chi connectivity index (χ4n) is 5.87. The van der Waals surface area contributed by atoms with Gasteiger partial charge in [-0.3, -0.25) is 9.59 Å². The van der Waals surface area contributed by atoms with Crippen LogP contribution in [0.2, 0.25) is 0 Å². The summed E-state index contributed by atoms with van der Waals surface area (Å²) >= 11 is 1.37. The molecule has 0 atom stereocenters. The zero-order valence-corrected chi connectivity index (χ0v) is 24.4. The van der Waals surface area contributed by atoms with Gasteiger partial charge in [-0.2, -0.15) is 0 Å². The SMILES string of the molecule is COC(=O)C1(SNc2ccc(C(=O)Nc3cc(C)cc(N4CCC(F)(F)CC4)n3)c(N3CCC4(CC3)CC4)c2)CC1. The summed E-state index contributed by atoms with van der Waals surface area (Å²) < 4.78 is 35.2. The average molecular weight is 586 g/mol. The maximum Gasteiger partial charge on any atom is 0.323 e. The minimum atomic E-state index is -2.64. The fourth-order valence-corrected chi connectivity index (χ4v) is 6.79. The summed E-state index contributed by atoms with van der Waals surface area (Å²) in [6.45, 7) is 4.12. The van der Waals surface area contributed by atoms with E-state index in [4.69, 9.17) is 4.74 Å². The number of hydrogen-bond donors (Lipinski definition) is 2. The molecule has 2 aliphatic carbocycles. The molecule has 0 unspecified atom stereocenters. The highest BCUT2D eigenvalue weighted by Crippen LogP contribution is 2.54. The standard InChI is InChI=1S/C30H37F2N5O3S/c1-20-17-24(33-25(18-20)37-15-11-30(31,32)12-16-37)34-26(38)22-4-3-21(35-41-29(7-8-29)27(39)40-2)19-23(22)36-13-9-28(5-6-28)10-14-36/h3-4,17-19,35H,5-16H2,1-2H3,(H,33,34,38). The number of esters is 1. The molecule has 3 heterocycles. The number of carbonyl (C=O) groups is 2. The Balaban J connectivity index is 1.21. The van der Waals surface area contributed by atoms with Crippen molar-refractivity contribution in [3.8, 4) is 0 Å². The minimum absolute atomic E-state index is 0.204. The number of piperidine rings is 2. The van der Waals surface area contributed by atoms with E-state index in [0.717, 1.165) is 55.7 Å². The Labute approximate surface area is 243 Å². The Morgan fingerprint density at radius 1 is 0.927 bits per heavy atom. The van der Waals surface area contributed by atoms with Crippen molar-refractivity contribution < 1.29 is 23.1 Å². The predicted octanol–water partition coefficient (Wildman–Crippen LogP) is 6.02. The van der Waals surface area contributed by atoms with Crippen LogP contribution in [0.15, 0.2) is 30.3 Å². The number of amides is 1. The highest BCUT2D eigenvalue weighted by atomic mass is 32.2. The molecular weight excluding hydrogens is 548 g/mol. The second kappa shape index (κ2) is 10.6. The summed E-state index contributed by atoms with van der Waals surface area (Å²) in [6, 6.07) is 9.32. The summed E-state index contributed by atoms with van der Waals surface area (Å²) in [4.78, 5) is 34.7. The normalized spacial score (nSPS) is 21.8. The molecule has 2 saturated heterocycles. The van der Waals surface area contributed by atoms with Gasteiger partial charge in [0.15, 0.2) is 0 Å². The number of hydrogen-bond acceptors (Lipinski definition) is 8. The molecule has 4 fully saturated rings. The summed E-state index contributed by atoms with van der Waals surface area (Å²) in [7, 11) is 1.41. The molecule has 1 aromatic carbocycles. The van der Waals surface area contributed by atoms with Gasteiger partial charge >= 0.3 is 5.97 Å². The molecule has 0 bridgehead atoms. The lowest BCUT2D eigenvalue weighted by Crippen LogP contribution is -2.39. The number of carbonyl (C=O) groups excluding carboxylic acids is 2. The first-order valence-corrected chi connectivity index (χ1v) is 15.3. The Morgan fingerprint density at radius 2 is 1.61 bits per heavy atom. The van der Waals surface area contributed by atoms with Crippen molar-refractivity contribution in [2.45, 2.75) is 69.0 Å². The minimum Gasteiger partial charge on any atom is -0.468 e. The largest absolute Gasteiger partial charge is 0.468 e. The number of pyridine rings is 1. The van der Waals surface area contributed by atoms with Crippen LogP contribution in [-0.4, -0.2) is 60.8 Å². The van der Waals surface area contributed by atoms with Crippen LogP contribution in [0, 0.1) is 12.3 Å². The van der Waals surface area contributed by atoms with E-state index in [1.165, 1.54) is 31.9 Å². The third-order valence-corrected chi connectivity index (χ3v) is 10.3. The molecule has 2 aromatic rings. The molecular formula is C30H37F2N5O3S. The van der Waals surface area contributed by atoms with Crippen molar-refractivity contribution in [1.82, 2.24) is 4.98 Å². The van der Waals surface area contributed by atoms with E-state index < -0.39 is 10.7 Å². The van der Waals surface area contributed by atoms with Crippen LogP contribution in [0.4, 0.5) is 31.8 Å². The van der Waals surface area contributed by atoms with E-state index in [1.54, 1.807) is 6.07 Å². The van der Waals surface area contributed by atoms with Crippen molar-refractivity contribution in [2.75, 3.05) is 53.1 Å². The lowest BCUT2D eigenvalue weighted by molar-refractivity contribution is -0.140. The second-order valence-corrected chi connectivity index (χ2v) is 13.3. The lowest BCUT2D eigenvalue weighted by atomic mass is 9.93. The summed E-state index contributed by atoms with van der Waals surface area (Å²) in [5.74, 6) is -2.14. The number of aryl methyl sites for hydroxylation is 1. The van der Waals surface area contributed by atoms with Gasteiger partial charge in [0.05, 0.1) is 18.4 Å². The first-order valence-electron chi connectivity index (χ1n) is 14.4. The van der Waals surface area contributed by atoms with E-state index in [2.05, 4.69) is 19.9 Å². The Morgan fingerprint density at radius 3 is 2.24 bits per heavy atom. The van der Waals surface area contributed by atoms with Gasteiger partial charge in [-0.15, -0.1) is 0 Å². The molecule has 6 rings (SSSR count). The van der Waals surface area contributed by atoms with Crippen LogP contribution in [0.5, 0.6) is 0 Å². The van der Waals surface area contributed by atoms with E-state index in [0.29, 0.717) is 22.6 Å². The van der Waals surface area contributed by atoms with Crippen molar-refractivity contribution in [1.29, 1.82) is 0 Å².